The molecule has 5 rings (SSSR count). The van der Waals surface area contributed by atoms with Crippen LogP contribution in [0.15, 0.2) is 42.5 Å². The second kappa shape index (κ2) is 7.33. The van der Waals surface area contributed by atoms with E-state index in [4.69, 9.17) is 0 Å². The molecule has 1 aromatic heterocycles. The molecule has 1 fully saturated rings. The summed E-state index contributed by atoms with van der Waals surface area (Å²) in [6, 6.07) is 9.37. The van der Waals surface area contributed by atoms with E-state index in [1.807, 2.05) is 0 Å². The minimum absolute atomic E-state index is 0.0820. The number of carbonyl (C=O) groups excluding carboxylic acids is 3. The highest BCUT2D eigenvalue weighted by Gasteiger charge is 2.43. The Bertz CT molecular complexity index is 1320. The lowest BCUT2D eigenvalue weighted by Gasteiger charge is -2.21. The molecule has 2 aromatic carbocycles. The Morgan fingerprint density at radius 3 is 2.30 bits per heavy atom. The Balaban J connectivity index is 1.52. The van der Waals surface area contributed by atoms with Gasteiger partial charge in [0.25, 0.3) is 11.8 Å². The van der Waals surface area contributed by atoms with Gasteiger partial charge in [-0.2, -0.15) is 0 Å². The molecule has 4 amide bonds. The van der Waals surface area contributed by atoms with Gasteiger partial charge in [0.1, 0.15) is 28.6 Å². The van der Waals surface area contributed by atoms with Crippen LogP contribution in [0.4, 0.5) is 25.1 Å². The minimum Gasteiger partial charge on any atom is -0.346 e. The summed E-state index contributed by atoms with van der Waals surface area (Å²) in [5.74, 6) is -2.66. The van der Waals surface area contributed by atoms with Gasteiger partial charge < -0.3 is 16.0 Å². The highest BCUT2D eigenvalue weighted by atomic mass is 19.1. The number of hydrogen-bond donors (Lipinski definition) is 4. The molecule has 33 heavy (non-hydrogen) atoms. The van der Waals surface area contributed by atoms with E-state index in [1.54, 1.807) is 31.2 Å². The Morgan fingerprint density at radius 2 is 1.67 bits per heavy atom. The molecule has 0 saturated carbocycles. The SMILES string of the molecule is CC1(c2ccc(Nc3nc(-c4c(F)cccc4F)nc4c3C(=O)NC4)cc2)NC(=O)NC1=O. The number of carbonyl (C=O) groups is 3. The number of halogens is 2. The highest BCUT2D eigenvalue weighted by Crippen LogP contribution is 2.31. The second-order valence-electron chi connectivity index (χ2n) is 7.73. The molecule has 1 unspecified atom stereocenters. The lowest BCUT2D eigenvalue weighted by molar-refractivity contribution is -0.123. The summed E-state index contributed by atoms with van der Waals surface area (Å²) in [7, 11) is 0. The third kappa shape index (κ3) is 3.34. The zero-order chi connectivity index (χ0) is 23.3. The summed E-state index contributed by atoms with van der Waals surface area (Å²) >= 11 is 0. The van der Waals surface area contributed by atoms with Crippen molar-refractivity contribution in [2.45, 2.75) is 19.0 Å². The monoisotopic (exact) mass is 450 g/mol. The van der Waals surface area contributed by atoms with Crippen molar-refractivity contribution in [2.24, 2.45) is 0 Å². The van der Waals surface area contributed by atoms with Gasteiger partial charge >= 0.3 is 6.03 Å². The lowest BCUT2D eigenvalue weighted by Crippen LogP contribution is -2.40. The quantitative estimate of drug-likeness (QED) is 0.453. The van der Waals surface area contributed by atoms with E-state index >= 15 is 0 Å². The van der Waals surface area contributed by atoms with Gasteiger partial charge in [0.2, 0.25) is 0 Å². The molecule has 0 aliphatic carbocycles. The number of rotatable bonds is 4. The first kappa shape index (κ1) is 20.5. The van der Waals surface area contributed by atoms with E-state index in [1.165, 1.54) is 6.07 Å². The predicted molar refractivity (Wildman–Crippen MR) is 112 cm³/mol. The summed E-state index contributed by atoms with van der Waals surface area (Å²) in [6.07, 6.45) is 0. The first-order chi connectivity index (χ1) is 15.8. The topological polar surface area (TPSA) is 125 Å². The predicted octanol–water partition coefficient (Wildman–Crippen LogP) is 2.46. The molecule has 2 aliphatic heterocycles. The lowest BCUT2D eigenvalue weighted by atomic mass is 9.92. The molecule has 4 N–H and O–H groups in total. The zero-order valence-electron chi connectivity index (χ0n) is 17.1. The summed E-state index contributed by atoms with van der Waals surface area (Å²) in [5, 5.41) is 10.4. The molecule has 0 spiro atoms. The highest BCUT2D eigenvalue weighted by molar-refractivity contribution is 6.07. The molecule has 11 heteroatoms. The number of amides is 4. The fourth-order valence-corrected chi connectivity index (χ4v) is 3.81. The van der Waals surface area contributed by atoms with Crippen LogP contribution in [0, 0.1) is 11.6 Å². The van der Waals surface area contributed by atoms with Crippen molar-refractivity contribution in [3.8, 4) is 11.4 Å². The van der Waals surface area contributed by atoms with Crippen molar-refractivity contribution < 1.29 is 23.2 Å². The van der Waals surface area contributed by atoms with Gasteiger partial charge in [0.15, 0.2) is 5.82 Å². The Labute approximate surface area is 185 Å². The summed E-state index contributed by atoms with van der Waals surface area (Å²) in [6.45, 7) is 1.67. The van der Waals surface area contributed by atoms with Gasteiger partial charge in [-0.15, -0.1) is 0 Å². The van der Waals surface area contributed by atoms with Crippen molar-refractivity contribution in [1.82, 2.24) is 25.9 Å². The van der Waals surface area contributed by atoms with E-state index < -0.39 is 40.6 Å². The molecule has 3 heterocycles. The van der Waals surface area contributed by atoms with Crippen molar-refractivity contribution in [3.63, 3.8) is 0 Å². The molecular weight excluding hydrogens is 434 g/mol. The zero-order valence-corrected chi connectivity index (χ0v) is 17.1. The van der Waals surface area contributed by atoms with Crippen molar-refractivity contribution >= 4 is 29.4 Å². The smallest absolute Gasteiger partial charge is 0.322 e. The maximum absolute atomic E-state index is 14.3. The Hall–Kier alpha value is -4.41. The Morgan fingerprint density at radius 1 is 0.970 bits per heavy atom. The third-order valence-electron chi connectivity index (χ3n) is 5.58. The summed E-state index contributed by atoms with van der Waals surface area (Å²) < 4.78 is 28.7. The maximum atomic E-state index is 14.3. The third-order valence-corrected chi connectivity index (χ3v) is 5.58. The summed E-state index contributed by atoms with van der Waals surface area (Å²) in [5.41, 5.74) is -0.0994. The summed E-state index contributed by atoms with van der Waals surface area (Å²) in [4.78, 5) is 44.4. The van der Waals surface area contributed by atoms with Gasteiger partial charge in [-0.3, -0.25) is 14.9 Å². The normalized spacial score (nSPS) is 19.1. The van der Waals surface area contributed by atoms with E-state index in [-0.39, 0.29) is 23.8 Å². The Kier molecular flexibility index (Phi) is 4.55. The fraction of sp³-hybridized carbons (Fsp3) is 0.136. The maximum Gasteiger partial charge on any atom is 0.322 e. The molecule has 1 atom stereocenters. The number of hydrogen-bond acceptors (Lipinski definition) is 6. The molecule has 0 bridgehead atoms. The van der Waals surface area contributed by atoms with Crippen LogP contribution in [0.2, 0.25) is 0 Å². The van der Waals surface area contributed by atoms with Gasteiger partial charge in [-0.05, 0) is 36.8 Å². The number of urea groups is 1. The number of benzene rings is 2. The average Bonchev–Trinajstić information content (AvgIpc) is 3.27. The van der Waals surface area contributed by atoms with Crippen LogP contribution < -0.4 is 21.3 Å². The molecule has 2 aliphatic rings. The van der Waals surface area contributed by atoms with E-state index in [0.717, 1.165) is 12.1 Å². The van der Waals surface area contributed by atoms with Crippen LogP contribution in [-0.4, -0.2) is 27.8 Å². The molecule has 166 valence electrons. The molecule has 9 nitrogen and oxygen atoms in total. The number of fused-ring (bicyclic) bond motifs is 1. The van der Waals surface area contributed by atoms with Crippen molar-refractivity contribution in [2.75, 3.05) is 5.32 Å². The number of anilines is 2. The number of imide groups is 1. The van der Waals surface area contributed by atoms with E-state index in [2.05, 4.69) is 31.2 Å². The molecule has 1 saturated heterocycles. The molecular formula is C22H16F2N6O3. The van der Waals surface area contributed by atoms with Gasteiger partial charge in [-0.1, -0.05) is 18.2 Å². The van der Waals surface area contributed by atoms with Crippen molar-refractivity contribution in [3.05, 3.63) is 70.9 Å². The van der Waals surface area contributed by atoms with Crippen molar-refractivity contribution in [1.29, 1.82) is 0 Å². The van der Waals surface area contributed by atoms with Crippen LogP contribution in [0.25, 0.3) is 11.4 Å². The number of nitrogens with zero attached hydrogens (tertiary/aromatic N) is 2. The van der Waals surface area contributed by atoms with E-state index in [0.29, 0.717) is 16.9 Å². The fourth-order valence-electron chi connectivity index (χ4n) is 3.81. The first-order valence-electron chi connectivity index (χ1n) is 9.91. The number of aromatic nitrogens is 2. The first-order valence-corrected chi connectivity index (χ1v) is 9.91. The minimum atomic E-state index is -1.22. The van der Waals surface area contributed by atoms with E-state index in [9.17, 15) is 23.2 Å². The standard InChI is InChI=1S/C22H16F2N6O3/c1-22(20(32)29-21(33)30-22)10-5-7-11(8-6-10)26-18-16-14(9-25-19(16)31)27-17(28-18)15-12(23)3-2-4-13(15)24/h2-8H,9H2,1H3,(H,25,31)(H,26,27,28)(H2,29,30,32,33). The second-order valence-corrected chi connectivity index (χ2v) is 7.73. The van der Waals surface area contributed by atoms with Crippen LogP contribution in [0.1, 0.15) is 28.5 Å². The van der Waals surface area contributed by atoms with Crippen LogP contribution in [0.5, 0.6) is 0 Å². The molecule has 3 aromatic rings. The number of nitrogens with one attached hydrogen (secondary N) is 4. The van der Waals surface area contributed by atoms with Gasteiger partial charge in [0, 0.05) is 5.69 Å². The largest absolute Gasteiger partial charge is 0.346 e. The molecule has 0 radical (unpaired) electrons. The van der Waals surface area contributed by atoms with Crippen LogP contribution >= 0.6 is 0 Å². The van der Waals surface area contributed by atoms with Gasteiger partial charge in [-0.25, -0.2) is 23.5 Å². The van der Waals surface area contributed by atoms with Gasteiger partial charge in [0.05, 0.1) is 17.8 Å². The van der Waals surface area contributed by atoms with Crippen LogP contribution in [-0.2, 0) is 16.9 Å². The average molecular weight is 450 g/mol. The van der Waals surface area contributed by atoms with Crippen LogP contribution in [0.3, 0.4) is 0 Å².